The number of nitrogens with zero attached hydrogens (tertiary/aromatic N) is 1. The molecule has 0 bridgehead atoms. The number of hydrogen-bond donors (Lipinski definition) is 1. The zero-order chi connectivity index (χ0) is 20.4. The van der Waals surface area contributed by atoms with Crippen molar-refractivity contribution in [3.63, 3.8) is 0 Å². The van der Waals surface area contributed by atoms with Gasteiger partial charge in [0, 0.05) is 48.3 Å². The van der Waals surface area contributed by atoms with E-state index in [2.05, 4.69) is 5.32 Å². The summed E-state index contributed by atoms with van der Waals surface area (Å²) in [4.78, 5) is 26.5. The van der Waals surface area contributed by atoms with Gasteiger partial charge < -0.3 is 19.7 Å². The zero-order valence-electron chi connectivity index (χ0n) is 16.9. The second kappa shape index (κ2) is 8.15. The summed E-state index contributed by atoms with van der Waals surface area (Å²) in [7, 11) is 0. The Hall–Kier alpha value is -3.02. The Bertz CT molecular complexity index is 940. The van der Waals surface area contributed by atoms with Crippen LogP contribution >= 0.6 is 0 Å². The number of carbonyl (C=O) groups excluding carboxylic acids is 2. The summed E-state index contributed by atoms with van der Waals surface area (Å²) in [5.41, 5.74) is 3.33. The number of amides is 2. The molecule has 2 aromatic carbocycles. The van der Waals surface area contributed by atoms with E-state index in [-0.39, 0.29) is 17.9 Å². The Balaban J connectivity index is 1.49. The van der Waals surface area contributed by atoms with Gasteiger partial charge in [0.2, 0.25) is 5.91 Å². The van der Waals surface area contributed by atoms with Gasteiger partial charge in [0.05, 0.1) is 6.61 Å². The number of carbonyl (C=O) groups is 2. The summed E-state index contributed by atoms with van der Waals surface area (Å²) in [5, 5.41) is 2.97. The molecule has 0 spiro atoms. The molecule has 1 N–H and O–H groups in total. The Morgan fingerprint density at radius 3 is 2.93 bits per heavy atom. The van der Waals surface area contributed by atoms with Crippen LogP contribution in [0.25, 0.3) is 0 Å². The number of nitrogens with one attached hydrogen (secondary N) is 1. The molecule has 2 aromatic rings. The van der Waals surface area contributed by atoms with Crippen LogP contribution in [0.1, 0.15) is 48.2 Å². The van der Waals surface area contributed by atoms with Crippen molar-refractivity contribution in [1.82, 2.24) is 5.32 Å². The SMILES string of the molecule is CCOc1cc2c(cc1CNC(=O)c1cccc(N3CCCC3=O)c1)O[C@H](C)C2. The van der Waals surface area contributed by atoms with Crippen LogP contribution in [-0.2, 0) is 17.8 Å². The fourth-order valence-electron chi connectivity index (χ4n) is 3.92. The van der Waals surface area contributed by atoms with E-state index in [1.165, 1.54) is 0 Å². The Morgan fingerprint density at radius 1 is 1.31 bits per heavy atom. The molecule has 4 rings (SSSR count). The van der Waals surface area contributed by atoms with Gasteiger partial charge in [0.25, 0.3) is 5.91 Å². The Kier molecular flexibility index (Phi) is 5.43. The molecule has 6 nitrogen and oxygen atoms in total. The second-order valence-electron chi connectivity index (χ2n) is 7.52. The molecular formula is C23H26N2O4. The molecule has 29 heavy (non-hydrogen) atoms. The minimum absolute atomic E-state index is 0.108. The largest absolute Gasteiger partial charge is 0.494 e. The molecule has 0 aliphatic carbocycles. The van der Waals surface area contributed by atoms with Crippen molar-refractivity contribution in [2.24, 2.45) is 0 Å². The number of ether oxygens (including phenoxy) is 2. The maximum absolute atomic E-state index is 12.7. The quantitative estimate of drug-likeness (QED) is 0.815. The fourth-order valence-corrected chi connectivity index (χ4v) is 3.92. The van der Waals surface area contributed by atoms with Crippen molar-refractivity contribution in [1.29, 1.82) is 0 Å². The normalized spacial score (nSPS) is 17.8. The molecule has 0 radical (unpaired) electrons. The van der Waals surface area contributed by atoms with Crippen molar-refractivity contribution in [3.8, 4) is 11.5 Å². The topological polar surface area (TPSA) is 67.9 Å². The van der Waals surface area contributed by atoms with E-state index < -0.39 is 0 Å². The molecule has 0 saturated carbocycles. The minimum Gasteiger partial charge on any atom is -0.494 e. The Labute approximate surface area is 170 Å². The lowest BCUT2D eigenvalue weighted by molar-refractivity contribution is -0.117. The molecule has 1 fully saturated rings. The van der Waals surface area contributed by atoms with Crippen LogP contribution in [0.2, 0.25) is 0 Å². The number of rotatable bonds is 6. The molecule has 1 atom stereocenters. The van der Waals surface area contributed by atoms with Gasteiger partial charge in [-0.3, -0.25) is 9.59 Å². The van der Waals surface area contributed by atoms with Crippen molar-refractivity contribution >= 4 is 17.5 Å². The molecule has 2 heterocycles. The van der Waals surface area contributed by atoms with Gasteiger partial charge in [-0.1, -0.05) is 6.07 Å². The number of anilines is 1. The predicted octanol–water partition coefficient (Wildman–Crippen LogP) is 3.47. The van der Waals surface area contributed by atoms with E-state index in [1.54, 1.807) is 17.0 Å². The first-order chi connectivity index (χ1) is 14.0. The smallest absolute Gasteiger partial charge is 0.251 e. The Morgan fingerprint density at radius 2 is 2.17 bits per heavy atom. The van der Waals surface area contributed by atoms with Crippen LogP contribution in [0, 0.1) is 0 Å². The zero-order valence-corrected chi connectivity index (χ0v) is 16.9. The van der Waals surface area contributed by atoms with Crippen molar-refractivity contribution < 1.29 is 19.1 Å². The van der Waals surface area contributed by atoms with Crippen molar-refractivity contribution in [2.75, 3.05) is 18.1 Å². The number of benzene rings is 2. The van der Waals surface area contributed by atoms with E-state index in [9.17, 15) is 9.59 Å². The third-order valence-electron chi connectivity index (χ3n) is 5.31. The highest BCUT2D eigenvalue weighted by Crippen LogP contribution is 2.35. The lowest BCUT2D eigenvalue weighted by atomic mass is 10.1. The second-order valence-corrected chi connectivity index (χ2v) is 7.52. The summed E-state index contributed by atoms with van der Waals surface area (Å²) in [6, 6.07) is 11.2. The van der Waals surface area contributed by atoms with Gasteiger partial charge in [-0.25, -0.2) is 0 Å². The van der Waals surface area contributed by atoms with Crippen LogP contribution in [0.5, 0.6) is 11.5 Å². The van der Waals surface area contributed by atoms with Gasteiger partial charge in [0.1, 0.15) is 17.6 Å². The third kappa shape index (κ3) is 4.06. The maximum Gasteiger partial charge on any atom is 0.251 e. The first-order valence-corrected chi connectivity index (χ1v) is 10.2. The maximum atomic E-state index is 12.7. The molecular weight excluding hydrogens is 368 g/mol. The highest BCUT2D eigenvalue weighted by atomic mass is 16.5. The van der Waals surface area contributed by atoms with E-state index in [4.69, 9.17) is 9.47 Å². The van der Waals surface area contributed by atoms with Crippen molar-refractivity contribution in [3.05, 3.63) is 53.1 Å². The lowest BCUT2D eigenvalue weighted by Gasteiger charge is -2.17. The molecule has 0 unspecified atom stereocenters. The predicted molar refractivity (Wildman–Crippen MR) is 111 cm³/mol. The summed E-state index contributed by atoms with van der Waals surface area (Å²) in [6.45, 7) is 5.59. The van der Waals surface area contributed by atoms with Gasteiger partial charge in [-0.15, -0.1) is 0 Å². The molecule has 2 aliphatic rings. The monoisotopic (exact) mass is 394 g/mol. The van der Waals surface area contributed by atoms with Crippen LogP contribution in [0.4, 0.5) is 5.69 Å². The molecule has 2 amide bonds. The van der Waals surface area contributed by atoms with E-state index in [0.717, 1.165) is 41.2 Å². The highest BCUT2D eigenvalue weighted by molar-refractivity contribution is 5.99. The first-order valence-electron chi connectivity index (χ1n) is 10.2. The van der Waals surface area contributed by atoms with Crippen LogP contribution in [-0.4, -0.2) is 31.1 Å². The van der Waals surface area contributed by atoms with Crippen LogP contribution < -0.4 is 19.7 Å². The van der Waals surface area contributed by atoms with E-state index in [0.29, 0.717) is 31.7 Å². The summed E-state index contributed by atoms with van der Waals surface area (Å²) in [5.74, 6) is 1.56. The minimum atomic E-state index is -0.185. The van der Waals surface area contributed by atoms with Crippen LogP contribution in [0.15, 0.2) is 36.4 Å². The van der Waals surface area contributed by atoms with E-state index >= 15 is 0 Å². The first kappa shape index (κ1) is 19.3. The number of hydrogen-bond acceptors (Lipinski definition) is 4. The molecule has 152 valence electrons. The third-order valence-corrected chi connectivity index (χ3v) is 5.31. The van der Waals surface area contributed by atoms with Gasteiger partial charge in [0.15, 0.2) is 0 Å². The lowest BCUT2D eigenvalue weighted by Crippen LogP contribution is -2.26. The average Bonchev–Trinajstić information content (AvgIpc) is 3.30. The summed E-state index contributed by atoms with van der Waals surface area (Å²) >= 11 is 0. The van der Waals surface area contributed by atoms with Gasteiger partial charge >= 0.3 is 0 Å². The molecule has 0 aromatic heterocycles. The van der Waals surface area contributed by atoms with Crippen LogP contribution in [0.3, 0.4) is 0 Å². The standard InChI is InChI=1S/C23H26N2O4/c1-3-28-20-12-17-10-15(2)29-21(17)13-18(20)14-24-23(27)16-6-4-7-19(11-16)25-9-5-8-22(25)26/h4,6-7,11-13,15H,3,5,8-10,14H2,1-2H3,(H,24,27)/t15-/m1/s1. The van der Waals surface area contributed by atoms with Crippen molar-refractivity contribution in [2.45, 2.75) is 45.8 Å². The van der Waals surface area contributed by atoms with E-state index in [1.807, 2.05) is 38.1 Å². The number of fused-ring (bicyclic) bond motifs is 1. The average molecular weight is 394 g/mol. The summed E-state index contributed by atoms with van der Waals surface area (Å²) in [6.07, 6.45) is 2.44. The molecule has 1 saturated heterocycles. The van der Waals surface area contributed by atoms with Gasteiger partial charge in [-0.2, -0.15) is 0 Å². The molecule has 2 aliphatic heterocycles. The summed E-state index contributed by atoms with van der Waals surface area (Å²) < 4.78 is 11.6. The highest BCUT2D eigenvalue weighted by Gasteiger charge is 2.23. The fraction of sp³-hybridized carbons (Fsp3) is 0.391. The molecule has 6 heteroatoms. The van der Waals surface area contributed by atoms with Gasteiger partial charge in [-0.05, 0) is 50.6 Å².